The molecule has 0 radical (unpaired) electrons. The van der Waals surface area contributed by atoms with Crippen LogP contribution >= 0.6 is 0 Å². The maximum Gasteiger partial charge on any atom is 0.375 e. The van der Waals surface area contributed by atoms with Gasteiger partial charge in [-0.2, -0.15) is 0 Å². The van der Waals surface area contributed by atoms with Crippen LogP contribution < -0.4 is 5.32 Å². The van der Waals surface area contributed by atoms with Crippen LogP contribution in [-0.4, -0.2) is 24.3 Å². The van der Waals surface area contributed by atoms with Crippen LogP contribution in [0.4, 0.5) is 5.69 Å². The number of benzene rings is 3. The molecular weight excluding hydrogens is 394 g/mol. The van der Waals surface area contributed by atoms with Crippen molar-refractivity contribution in [2.45, 2.75) is 6.92 Å². The molecule has 1 aromatic heterocycles. The molecule has 4 aromatic rings. The van der Waals surface area contributed by atoms with Gasteiger partial charge in [-0.05, 0) is 25.1 Å². The number of furan rings is 1. The summed E-state index contributed by atoms with van der Waals surface area (Å²) in [5.74, 6) is -1.44. The van der Waals surface area contributed by atoms with E-state index in [-0.39, 0.29) is 11.5 Å². The number of hydrogen-bond acceptors (Lipinski definition) is 5. The SMILES string of the molecule is Cc1c(C(=O)OCC(=O)Nc2ccccc2C(=O)c2ccccc2)oc2ccccc12. The molecule has 1 amide bonds. The molecule has 0 unspecified atom stereocenters. The summed E-state index contributed by atoms with van der Waals surface area (Å²) < 4.78 is 10.7. The number of ether oxygens (including phenoxy) is 1. The highest BCUT2D eigenvalue weighted by atomic mass is 16.5. The molecule has 0 fully saturated rings. The van der Waals surface area contributed by atoms with Gasteiger partial charge in [0, 0.05) is 22.1 Å². The highest BCUT2D eigenvalue weighted by molar-refractivity contribution is 6.14. The third-order valence-corrected chi connectivity index (χ3v) is 4.85. The number of carbonyl (C=O) groups is 3. The number of aryl methyl sites for hydroxylation is 1. The van der Waals surface area contributed by atoms with E-state index in [4.69, 9.17) is 9.15 Å². The Morgan fingerprint density at radius 1 is 0.871 bits per heavy atom. The number of esters is 1. The lowest BCUT2D eigenvalue weighted by atomic mass is 10.0. The zero-order valence-electron chi connectivity index (χ0n) is 16.8. The van der Waals surface area contributed by atoms with Gasteiger partial charge < -0.3 is 14.5 Å². The Morgan fingerprint density at radius 3 is 2.32 bits per heavy atom. The molecule has 0 bridgehead atoms. The topological polar surface area (TPSA) is 85.6 Å². The Balaban J connectivity index is 1.44. The van der Waals surface area contributed by atoms with E-state index in [0.717, 1.165) is 5.39 Å². The summed E-state index contributed by atoms with van der Waals surface area (Å²) in [6, 6.07) is 22.7. The van der Waals surface area contributed by atoms with Crippen molar-refractivity contribution in [1.82, 2.24) is 0 Å². The molecule has 0 aliphatic heterocycles. The van der Waals surface area contributed by atoms with Gasteiger partial charge in [-0.1, -0.05) is 60.7 Å². The van der Waals surface area contributed by atoms with Gasteiger partial charge in [-0.15, -0.1) is 0 Å². The first kappa shape index (κ1) is 20.1. The zero-order chi connectivity index (χ0) is 21.8. The van der Waals surface area contributed by atoms with Crippen molar-refractivity contribution in [1.29, 1.82) is 0 Å². The second kappa shape index (κ2) is 8.67. The average Bonchev–Trinajstić information content (AvgIpc) is 3.15. The molecule has 31 heavy (non-hydrogen) atoms. The lowest BCUT2D eigenvalue weighted by molar-refractivity contribution is -0.119. The minimum atomic E-state index is -0.725. The van der Waals surface area contributed by atoms with Gasteiger partial charge >= 0.3 is 5.97 Å². The van der Waals surface area contributed by atoms with Crippen LogP contribution in [0.5, 0.6) is 0 Å². The fraction of sp³-hybridized carbons (Fsp3) is 0.0800. The first-order valence-corrected chi connectivity index (χ1v) is 9.68. The summed E-state index contributed by atoms with van der Waals surface area (Å²) >= 11 is 0. The Labute approximate surface area is 178 Å². The molecule has 3 aromatic carbocycles. The zero-order valence-corrected chi connectivity index (χ0v) is 16.8. The standard InChI is InChI=1S/C25H19NO5/c1-16-18-11-6-8-14-21(18)31-24(16)25(29)30-15-22(27)26-20-13-7-5-12-19(20)23(28)17-9-3-2-4-10-17/h2-14H,15H2,1H3,(H,26,27). The Morgan fingerprint density at radius 2 is 1.55 bits per heavy atom. The summed E-state index contributed by atoms with van der Waals surface area (Å²) in [6.45, 7) is 1.25. The van der Waals surface area contributed by atoms with Gasteiger partial charge in [0.05, 0.1) is 5.69 Å². The van der Waals surface area contributed by atoms with E-state index in [1.165, 1.54) is 0 Å². The van der Waals surface area contributed by atoms with Crippen molar-refractivity contribution >= 4 is 34.3 Å². The first-order chi connectivity index (χ1) is 15.0. The maximum absolute atomic E-state index is 12.8. The molecular formula is C25H19NO5. The molecule has 0 aliphatic carbocycles. The number of carbonyl (C=O) groups excluding carboxylic acids is 3. The van der Waals surface area contributed by atoms with Crippen LogP contribution in [0.3, 0.4) is 0 Å². The number of fused-ring (bicyclic) bond motifs is 1. The van der Waals surface area contributed by atoms with Crippen LogP contribution in [0.15, 0.2) is 83.3 Å². The van der Waals surface area contributed by atoms with E-state index in [1.807, 2.05) is 24.3 Å². The van der Waals surface area contributed by atoms with Crippen LogP contribution in [-0.2, 0) is 9.53 Å². The van der Waals surface area contributed by atoms with Crippen LogP contribution in [0, 0.1) is 6.92 Å². The number of rotatable bonds is 6. The van der Waals surface area contributed by atoms with E-state index in [2.05, 4.69) is 5.32 Å². The van der Waals surface area contributed by atoms with Crippen molar-refractivity contribution in [3.8, 4) is 0 Å². The fourth-order valence-electron chi connectivity index (χ4n) is 3.29. The van der Waals surface area contributed by atoms with Gasteiger partial charge in [0.25, 0.3) is 5.91 Å². The average molecular weight is 413 g/mol. The molecule has 0 spiro atoms. The second-order valence-corrected chi connectivity index (χ2v) is 6.92. The molecule has 6 heteroatoms. The van der Waals surface area contributed by atoms with Gasteiger partial charge in [-0.3, -0.25) is 9.59 Å². The lowest BCUT2D eigenvalue weighted by Crippen LogP contribution is -2.22. The summed E-state index contributed by atoms with van der Waals surface area (Å²) in [6.07, 6.45) is 0. The molecule has 154 valence electrons. The fourth-order valence-corrected chi connectivity index (χ4v) is 3.29. The summed E-state index contributed by atoms with van der Waals surface area (Å²) in [7, 11) is 0. The number of hydrogen-bond donors (Lipinski definition) is 1. The summed E-state index contributed by atoms with van der Waals surface area (Å²) in [5, 5.41) is 3.45. The van der Waals surface area contributed by atoms with Gasteiger partial charge in [0.1, 0.15) is 5.58 Å². The van der Waals surface area contributed by atoms with E-state index < -0.39 is 18.5 Å². The highest BCUT2D eigenvalue weighted by Gasteiger charge is 2.20. The van der Waals surface area contributed by atoms with Crippen LogP contribution in [0.25, 0.3) is 11.0 Å². The number of para-hydroxylation sites is 2. The molecule has 0 saturated carbocycles. The predicted octanol–water partition coefficient (Wildman–Crippen LogP) is 4.77. The number of amides is 1. The summed E-state index contributed by atoms with van der Waals surface area (Å²) in [5.41, 5.74) is 2.43. The van der Waals surface area contributed by atoms with E-state index in [0.29, 0.717) is 28.0 Å². The summed E-state index contributed by atoms with van der Waals surface area (Å²) in [4.78, 5) is 37.6. The quantitative estimate of drug-likeness (QED) is 0.364. The van der Waals surface area contributed by atoms with Crippen LogP contribution in [0.2, 0.25) is 0 Å². The van der Waals surface area contributed by atoms with Crippen molar-refractivity contribution < 1.29 is 23.5 Å². The van der Waals surface area contributed by atoms with Gasteiger partial charge in [0.15, 0.2) is 12.4 Å². The van der Waals surface area contributed by atoms with E-state index in [9.17, 15) is 14.4 Å². The smallest absolute Gasteiger partial charge is 0.375 e. The normalized spacial score (nSPS) is 10.6. The first-order valence-electron chi connectivity index (χ1n) is 9.68. The van der Waals surface area contributed by atoms with Crippen molar-refractivity contribution in [3.63, 3.8) is 0 Å². The Hall–Kier alpha value is -4.19. The van der Waals surface area contributed by atoms with Crippen molar-refractivity contribution in [2.75, 3.05) is 11.9 Å². The molecule has 0 saturated heterocycles. The third-order valence-electron chi connectivity index (χ3n) is 4.85. The van der Waals surface area contributed by atoms with Crippen molar-refractivity contribution in [2.24, 2.45) is 0 Å². The minimum Gasteiger partial charge on any atom is -0.450 e. The molecule has 4 rings (SSSR count). The molecule has 6 nitrogen and oxygen atoms in total. The molecule has 0 atom stereocenters. The van der Waals surface area contributed by atoms with Crippen LogP contribution in [0.1, 0.15) is 32.0 Å². The maximum atomic E-state index is 12.8. The molecule has 0 aliphatic rings. The number of ketones is 1. The van der Waals surface area contributed by atoms with Gasteiger partial charge in [0.2, 0.25) is 5.76 Å². The monoisotopic (exact) mass is 413 g/mol. The largest absolute Gasteiger partial charge is 0.450 e. The predicted molar refractivity (Wildman–Crippen MR) is 116 cm³/mol. The molecule has 1 N–H and O–H groups in total. The highest BCUT2D eigenvalue weighted by Crippen LogP contribution is 2.25. The minimum absolute atomic E-state index is 0.0636. The van der Waals surface area contributed by atoms with Crippen molar-refractivity contribution in [3.05, 3.63) is 101 Å². The second-order valence-electron chi connectivity index (χ2n) is 6.92. The number of nitrogens with one attached hydrogen (secondary N) is 1. The lowest BCUT2D eigenvalue weighted by Gasteiger charge is -2.10. The third kappa shape index (κ3) is 4.23. The van der Waals surface area contributed by atoms with E-state index >= 15 is 0 Å². The van der Waals surface area contributed by atoms with E-state index in [1.54, 1.807) is 61.5 Å². The van der Waals surface area contributed by atoms with Gasteiger partial charge in [-0.25, -0.2) is 4.79 Å². The number of anilines is 1. The molecule has 1 heterocycles. The Bertz CT molecular complexity index is 1270. The Kier molecular flexibility index (Phi) is 5.62.